The Kier molecular flexibility index (Phi) is 3.11. The molecule has 3 rings (SSSR count). The quantitative estimate of drug-likeness (QED) is 0.725. The molecule has 0 atom stereocenters. The van der Waals surface area contributed by atoms with E-state index >= 15 is 0 Å². The molecule has 1 heterocycles. The predicted molar refractivity (Wildman–Crippen MR) is 80.9 cm³/mol. The van der Waals surface area contributed by atoms with Crippen LogP contribution < -0.4 is 5.32 Å². The van der Waals surface area contributed by atoms with Crippen molar-refractivity contribution in [3.05, 3.63) is 65.6 Å². The van der Waals surface area contributed by atoms with Crippen molar-refractivity contribution >= 4 is 22.3 Å². The standard InChI is InChI=1S/C17H15FN2/c1-11-6-7-16-15(8-11)17(9-12(2)19-16)20-14-5-3-4-13(18)10-14/h3-10H,1-2H3,(H,19,20). The molecule has 0 aliphatic carbocycles. The van der Waals surface area contributed by atoms with Gasteiger partial charge in [-0.15, -0.1) is 0 Å². The Morgan fingerprint density at radius 3 is 2.65 bits per heavy atom. The third-order valence-electron chi connectivity index (χ3n) is 3.20. The van der Waals surface area contributed by atoms with Gasteiger partial charge in [0.15, 0.2) is 0 Å². The van der Waals surface area contributed by atoms with Gasteiger partial charge in [0, 0.05) is 22.5 Å². The van der Waals surface area contributed by atoms with Crippen LogP contribution in [0.3, 0.4) is 0 Å². The minimum Gasteiger partial charge on any atom is -0.355 e. The SMILES string of the molecule is Cc1ccc2nc(C)cc(Nc3cccc(F)c3)c2c1. The normalized spacial score (nSPS) is 10.8. The Hall–Kier alpha value is -2.42. The van der Waals surface area contributed by atoms with E-state index in [1.165, 1.54) is 17.7 Å². The topological polar surface area (TPSA) is 24.9 Å². The summed E-state index contributed by atoms with van der Waals surface area (Å²) in [6.07, 6.45) is 0. The number of fused-ring (bicyclic) bond motifs is 1. The molecular weight excluding hydrogens is 251 g/mol. The molecule has 20 heavy (non-hydrogen) atoms. The molecule has 0 amide bonds. The van der Waals surface area contributed by atoms with Gasteiger partial charge in [0.1, 0.15) is 5.82 Å². The molecule has 3 aromatic rings. The van der Waals surface area contributed by atoms with Gasteiger partial charge in [-0.25, -0.2) is 4.39 Å². The van der Waals surface area contributed by atoms with Gasteiger partial charge in [-0.05, 0) is 50.2 Å². The van der Waals surface area contributed by atoms with Crippen LogP contribution in [0.1, 0.15) is 11.3 Å². The maximum Gasteiger partial charge on any atom is 0.125 e. The molecule has 0 saturated carbocycles. The number of pyridine rings is 1. The Bertz CT molecular complexity index is 781. The van der Waals surface area contributed by atoms with Gasteiger partial charge < -0.3 is 5.32 Å². The monoisotopic (exact) mass is 266 g/mol. The summed E-state index contributed by atoms with van der Waals surface area (Å²) in [7, 11) is 0. The molecule has 0 bridgehead atoms. The van der Waals surface area contributed by atoms with E-state index in [9.17, 15) is 4.39 Å². The molecule has 1 aromatic heterocycles. The fourth-order valence-electron chi connectivity index (χ4n) is 2.30. The molecule has 0 radical (unpaired) electrons. The van der Waals surface area contributed by atoms with Gasteiger partial charge in [0.05, 0.1) is 5.52 Å². The van der Waals surface area contributed by atoms with E-state index in [-0.39, 0.29) is 5.82 Å². The number of hydrogen-bond acceptors (Lipinski definition) is 2. The van der Waals surface area contributed by atoms with Crippen LogP contribution in [0.15, 0.2) is 48.5 Å². The van der Waals surface area contributed by atoms with Gasteiger partial charge in [-0.3, -0.25) is 4.98 Å². The molecule has 2 aromatic carbocycles. The van der Waals surface area contributed by atoms with Crippen molar-refractivity contribution in [2.45, 2.75) is 13.8 Å². The lowest BCUT2D eigenvalue weighted by molar-refractivity contribution is 0.628. The van der Waals surface area contributed by atoms with E-state index in [1.54, 1.807) is 6.07 Å². The molecule has 1 N–H and O–H groups in total. The molecule has 3 heteroatoms. The third-order valence-corrected chi connectivity index (χ3v) is 3.20. The van der Waals surface area contributed by atoms with Crippen LogP contribution in [0.25, 0.3) is 10.9 Å². The molecular formula is C17H15FN2. The van der Waals surface area contributed by atoms with Gasteiger partial charge in [0.2, 0.25) is 0 Å². The van der Waals surface area contributed by atoms with E-state index in [2.05, 4.69) is 16.4 Å². The second kappa shape index (κ2) is 4.93. The summed E-state index contributed by atoms with van der Waals surface area (Å²) in [5.41, 5.74) is 4.72. The highest BCUT2D eigenvalue weighted by Gasteiger charge is 2.05. The molecule has 100 valence electrons. The molecule has 0 spiro atoms. The largest absolute Gasteiger partial charge is 0.355 e. The van der Waals surface area contributed by atoms with Crippen molar-refractivity contribution in [2.75, 3.05) is 5.32 Å². The van der Waals surface area contributed by atoms with Crippen LogP contribution in [0.4, 0.5) is 15.8 Å². The van der Waals surface area contributed by atoms with Gasteiger partial charge in [-0.1, -0.05) is 17.7 Å². The maximum absolute atomic E-state index is 13.3. The minimum absolute atomic E-state index is 0.249. The average Bonchev–Trinajstić information content (AvgIpc) is 2.39. The zero-order chi connectivity index (χ0) is 14.1. The summed E-state index contributed by atoms with van der Waals surface area (Å²) in [5.74, 6) is -0.249. The summed E-state index contributed by atoms with van der Waals surface area (Å²) in [6.45, 7) is 4.00. The van der Waals surface area contributed by atoms with Crippen molar-refractivity contribution < 1.29 is 4.39 Å². The third kappa shape index (κ3) is 2.48. The first-order valence-electron chi connectivity index (χ1n) is 6.52. The Morgan fingerprint density at radius 1 is 1.00 bits per heavy atom. The van der Waals surface area contributed by atoms with Crippen LogP contribution in [-0.4, -0.2) is 4.98 Å². The van der Waals surface area contributed by atoms with Gasteiger partial charge in [0.25, 0.3) is 0 Å². The van der Waals surface area contributed by atoms with E-state index in [0.717, 1.165) is 28.0 Å². The summed E-state index contributed by atoms with van der Waals surface area (Å²) in [6, 6.07) is 14.6. The maximum atomic E-state index is 13.3. The highest BCUT2D eigenvalue weighted by Crippen LogP contribution is 2.27. The lowest BCUT2D eigenvalue weighted by atomic mass is 10.1. The van der Waals surface area contributed by atoms with E-state index in [0.29, 0.717) is 0 Å². The van der Waals surface area contributed by atoms with Gasteiger partial charge in [-0.2, -0.15) is 0 Å². The summed E-state index contributed by atoms with van der Waals surface area (Å²) >= 11 is 0. The lowest BCUT2D eigenvalue weighted by Gasteiger charge is -2.11. The number of aromatic nitrogens is 1. The second-order valence-corrected chi connectivity index (χ2v) is 4.97. The van der Waals surface area contributed by atoms with E-state index in [1.807, 2.05) is 38.1 Å². The summed E-state index contributed by atoms with van der Waals surface area (Å²) in [5, 5.41) is 4.32. The fourth-order valence-corrected chi connectivity index (χ4v) is 2.30. The molecule has 0 unspecified atom stereocenters. The van der Waals surface area contributed by atoms with E-state index < -0.39 is 0 Å². The van der Waals surface area contributed by atoms with Crippen molar-refractivity contribution in [3.8, 4) is 0 Å². The number of rotatable bonds is 2. The second-order valence-electron chi connectivity index (χ2n) is 4.97. The van der Waals surface area contributed by atoms with Crippen LogP contribution in [0.2, 0.25) is 0 Å². The molecule has 0 saturated heterocycles. The van der Waals surface area contributed by atoms with Crippen molar-refractivity contribution in [1.29, 1.82) is 0 Å². The summed E-state index contributed by atoms with van der Waals surface area (Å²) < 4.78 is 13.3. The molecule has 0 aliphatic rings. The first-order chi connectivity index (χ1) is 9.61. The van der Waals surface area contributed by atoms with Crippen LogP contribution in [-0.2, 0) is 0 Å². The Balaban J connectivity index is 2.12. The Labute approximate surface area is 117 Å². The van der Waals surface area contributed by atoms with Crippen molar-refractivity contribution in [3.63, 3.8) is 0 Å². The number of halogens is 1. The number of anilines is 2. The lowest BCUT2D eigenvalue weighted by Crippen LogP contribution is -1.95. The summed E-state index contributed by atoms with van der Waals surface area (Å²) in [4.78, 5) is 4.52. The van der Waals surface area contributed by atoms with E-state index in [4.69, 9.17) is 0 Å². The zero-order valence-electron chi connectivity index (χ0n) is 11.4. The first kappa shape index (κ1) is 12.6. The fraction of sp³-hybridized carbons (Fsp3) is 0.118. The zero-order valence-corrected chi connectivity index (χ0v) is 11.4. The number of nitrogens with one attached hydrogen (secondary N) is 1. The van der Waals surface area contributed by atoms with Crippen LogP contribution in [0, 0.1) is 19.7 Å². The number of hydrogen-bond donors (Lipinski definition) is 1. The predicted octanol–water partition coefficient (Wildman–Crippen LogP) is 4.73. The van der Waals surface area contributed by atoms with Crippen molar-refractivity contribution in [1.82, 2.24) is 4.98 Å². The first-order valence-corrected chi connectivity index (χ1v) is 6.52. The van der Waals surface area contributed by atoms with Gasteiger partial charge >= 0.3 is 0 Å². The van der Waals surface area contributed by atoms with Crippen molar-refractivity contribution in [2.24, 2.45) is 0 Å². The number of aryl methyl sites for hydroxylation is 2. The molecule has 0 fully saturated rings. The highest BCUT2D eigenvalue weighted by molar-refractivity contribution is 5.93. The smallest absolute Gasteiger partial charge is 0.125 e. The van der Waals surface area contributed by atoms with Crippen LogP contribution >= 0.6 is 0 Å². The Morgan fingerprint density at radius 2 is 1.85 bits per heavy atom. The molecule has 0 aliphatic heterocycles. The number of nitrogens with zero attached hydrogens (tertiary/aromatic N) is 1. The molecule has 2 nitrogen and oxygen atoms in total. The number of benzene rings is 2. The van der Waals surface area contributed by atoms with Crippen LogP contribution in [0.5, 0.6) is 0 Å². The average molecular weight is 266 g/mol. The highest BCUT2D eigenvalue weighted by atomic mass is 19.1. The minimum atomic E-state index is -0.249.